The first-order chi connectivity index (χ1) is 28.8. The Hall–Kier alpha value is -7.26. The van der Waals surface area contributed by atoms with Gasteiger partial charge in [0, 0.05) is 37.1 Å². The molecule has 0 spiro atoms. The van der Waals surface area contributed by atoms with Gasteiger partial charge in [-0.05, 0) is 96.9 Å². The lowest BCUT2D eigenvalue weighted by Crippen LogP contribution is -2.11. The van der Waals surface area contributed by atoms with Gasteiger partial charge < -0.3 is 4.90 Å². The number of benzene rings is 10. The van der Waals surface area contributed by atoms with E-state index < -0.39 is 0 Å². The lowest BCUT2D eigenvalue weighted by atomic mass is 9.85. The lowest BCUT2D eigenvalue weighted by Gasteiger charge is -2.29. The number of thiophene rings is 1. The van der Waals surface area contributed by atoms with Gasteiger partial charge in [0.1, 0.15) is 0 Å². The third-order valence-corrected chi connectivity index (χ3v) is 12.7. The molecule has 1 aromatic heterocycles. The fraction of sp³-hybridized carbons (Fsp3) is 0. The van der Waals surface area contributed by atoms with Crippen LogP contribution in [0.2, 0.25) is 0 Å². The summed E-state index contributed by atoms with van der Waals surface area (Å²) in [7, 11) is 0. The number of hydrogen-bond donors (Lipinski definition) is 0. The van der Waals surface area contributed by atoms with Crippen LogP contribution in [0.4, 0.5) is 17.1 Å². The highest BCUT2D eigenvalue weighted by molar-refractivity contribution is 7.26. The Kier molecular flexibility index (Phi) is 8.42. The second kappa shape index (κ2) is 14.4. The Labute approximate surface area is 342 Å². The number of anilines is 3. The number of para-hydroxylation sites is 1. The number of fused-ring (bicyclic) bond motifs is 6. The average molecular weight is 756 g/mol. The van der Waals surface area contributed by atoms with E-state index >= 15 is 0 Å². The summed E-state index contributed by atoms with van der Waals surface area (Å²) >= 11 is 1.88. The van der Waals surface area contributed by atoms with Crippen molar-refractivity contribution in [2.24, 2.45) is 0 Å². The minimum Gasteiger partial charge on any atom is -0.310 e. The first-order valence-corrected chi connectivity index (χ1v) is 20.7. The van der Waals surface area contributed by atoms with E-state index in [1.165, 1.54) is 86.2 Å². The Balaban J connectivity index is 1.20. The van der Waals surface area contributed by atoms with Crippen molar-refractivity contribution in [3.05, 3.63) is 224 Å². The van der Waals surface area contributed by atoms with Gasteiger partial charge in [-0.3, -0.25) is 0 Å². The van der Waals surface area contributed by atoms with Gasteiger partial charge in [0.05, 0.1) is 5.69 Å². The minimum atomic E-state index is 1.10. The summed E-state index contributed by atoms with van der Waals surface area (Å²) in [6, 6.07) is 82.0. The second-order valence-corrected chi connectivity index (χ2v) is 15.9. The normalized spacial score (nSPS) is 11.4. The van der Waals surface area contributed by atoms with Crippen LogP contribution in [0.25, 0.3) is 86.2 Å². The van der Waals surface area contributed by atoms with Crippen molar-refractivity contribution in [1.82, 2.24) is 0 Å². The topological polar surface area (TPSA) is 3.24 Å². The van der Waals surface area contributed by atoms with Crippen LogP contribution in [0.15, 0.2) is 224 Å². The van der Waals surface area contributed by atoms with Crippen LogP contribution in [-0.4, -0.2) is 0 Å². The van der Waals surface area contributed by atoms with Gasteiger partial charge in [0.15, 0.2) is 0 Å². The van der Waals surface area contributed by atoms with Crippen molar-refractivity contribution >= 4 is 70.1 Å². The molecule has 10 aromatic carbocycles. The van der Waals surface area contributed by atoms with Gasteiger partial charge in [-0.2, -0.15) is 0 Å². The molecule has 0 bridgehead atoms. The zero-order valence-electron chi connectivity index (χ0n) is 31.7. The molecule has 0 saturated heterocycles. The van der Waals surface area contributed by atoms with Crippen molar-refractivity contribution in [3.63, 3.8) is 0 Å². The summed E-state index contributed by atoms with van der Waals surface area (Å²) in [6.07, 6.45) is 0. The summed E-state index contributed by atoms with van der Waals surface area (Å²) in [5, 5.41) is 7.57. The van der Waals surface area contributed by atoms with Gasteiger partial charge >= 0.3 is 0 Å². The summed E-state index contributed by atoms with van der Waals surface area (Å²) in [6.45, 7) is 0. The van der Waals surface area contributed by atoms with E-state index in [-0.39, 0.29) is 0 Å². The predicted octanol–water partition coefficient (Wildman–Crippen LogP) is 16.5. The van der Waals surface area contributed by atoms with Gasteiger partial charge in [0.25, 0.3) is 0 Å². The molecule has 0 fully saturated rings. The fourth-order valence-corrected chi connectivity index (χ4v) is 10.1. The number of hydrogen-bond acceptors (Lipinski definition) is 2. The molecule has 1 nitrogen and oxygen atoms in total. The predicted molar refractivity (Wildman–Crippen MR) is 251 cm³/mol. The summed E-state index contributed by atoms with van der Waals surface area (Å²) in [5.41, 5.74) is 13.0. The molecule has 0 atom stereocenters. The van der Waals surface area contributed by atoms with Gasteiger partial charge in [-0.15, -0.1) is 11.3 Å². The largest absolute Gasteiger partial charge is 0.310 e. The van der Waals surface area contributed by atoms with Crippen LogP contribution in [-0.2, 0) is 0 Å². The quantitative estimate of drug-likeness (QED) is 0.146. The fourth-order valence-electron chi connectivity index (χ4n) is 8.87. The van der Waals surface area contributed by atoms with Crippen LogP contribution >= 0.6 is 11.3 Å². The maximum Gasteiger partial charge on any atom is 0.0540 e. The Morgan fingerprint density at radius 2 is 0.810 bits per heavy atom. The van der Waals surface area contributed by atoms with Crippen LogP contribution in [0.3, 0.4) is 0 Å². The summed E-state index contributed by atoms with van der Waals surface area (Å²) in [4.78, 5) is 2.46. The highest BCUT2D eigenvalue weighted by Crippen LogP contribution is 2.49. The molecule has 1 heterocycles. The Bertz CT molecular complexity index is 3270. The lowest BCUT2D eigenvalue weighted by molar-refractivity contribution is 1.29. The average Bonchev–Trinajstić information content (AvgIpc) is 3.69. The molecule has 0 radical (unpaired) electrons. The Morgan fingerprint density at radius 1 is 0.293 bits per heavy atom. The van der Waals surface area contributed by atoms with Gasteiger partial charge in [0.2, 0.25) is 0 Å². The van der Waals surface area contributed by atoms with Crippen molar-refractivity contribution in [2.75, 3.05) is 4.90 Å². The summed E-state index contributed by atoms with van der Waals surface area (Å²) < 4.78 is 2.63. The van der Waals surface area contributed by atoms with Crippen LogP contribution in [0.1, 0.15) is 0 Å². The van der Waals surface area contributed by atoms with Crippen molar-refractivity contribution < 1.29 is 0 Å². The van der Waals surface area contributed by atoms with Gasteiger partial charge in [-0.25, -0.2) is 0 Å². The molecule has 0 amide bonds. The molecule has 0 aliphatic rings. The standard InChI is InChI=1S/C56H37NS/c1-4-18-38(19-5-1)44-26-12-14-32-52(44)57(42-25-16-24-41(36-42)45-30-17-31-50-48-28-13-15-33-53(48)58-56(45)50)43-34-35-47-46-27-10-11-29-49(46)54(39-20-6-2-7-21-39)55(51(47)37-43)40-22-8-3-9-23-40/h1-37H. The molecule has 2 heteroatoms. The van der Waals surface area contributed by atoms with Crippen LogP contribution in [0, 0.1) is 0 Å². The smallest absolute Gasteiger partial charge is 0.0540 e. The highest BCUT2D eigenvalue weighted by Gasteiger charge is 2.22. The molecular weight excluding hydrogens is 719 g/mol. The molecule has 11 aromatic rings. The van der Waals surface area contributed by atoms with Crippen LogP contribution < -0.4 is 4.90 Å². The molecule has 0 aliphatic carbocycles. The molecule has 272 valence electrons. The van der Waals surface area contributed by atoms with Gasteiger partial charge in [-0.1, -0.05) is 188 Å². The zero-order valence-corrected chi connectivity index (χ0v) is 32.5. The third-order valence-electron chi connectivity index (χ3n) is 11.4. The van der Waals surface area contributed by atoms with E-state index in [4.69, 9.17) is 0 Å². The van der Waals surface area contributed by atoms with E-state index in [9.17, 15) is 0 Å². The number of rotatable bonds is 7. The molecule has 58 heavy (non-hydrogen) atoms. The summed E-state index contributed by atoms with van der Waals surface area (Å²) in [5.74, 6) is 0. The maximum absolute atomic E-state index is 2.46. The molecular formula is C56H37NS. The first-order valence-electron chi connectivity index (χ1n) is 19.8. The number of nitrogens with zero attached hydrogens (tertiary/aromatic N) is 1. The molecule has 0 aliphatic heterocycles. The zero-order chi connectivity index (χ0) is 38.4. The highest BCUT2D eigenvalue weighted by atomic mass is 32.1. The molecule has 0 unspecified atom stereocenters. The van der Waals surface area contributed by atoms with Crippen molar-refractivity contribution in [1.29, 1.82) is 0 Å². The monoisotopic (exact) mass is 755 g/mol. The van der Waals surface area contributed by atoms with E-state index in [2.05, 4.69) is 229 Å². The van der Waals surface area contributed by atoms with Crippen molar-refractivity contribution in [3.8, 4) is 44.5 Å². The minimum absolute atomic E-state index is 1.10. The van der Waals surface area contributed by atoms with E-state index in [0.717, 1.165) is 17.1 Å². The van der Waals surface area contributed by atoms with E-state index in [1.807, 2.05) is 11.3 Å². The Morgan fingerprint density at radius 3 is 1.57 bits per heavy atom. The van der Waals surface area contributed by atoms with E-state index in [1.54, 1.807) is 0 Å². The molecule has 0 saturated carbocycles. The maximum atomic E-state index is 2.46. The third kappa shape index (κ3) is 5.77. The van der Waals surface area contributed by atoms with Crippen LogP contribution in [0.5, 0.6) is 0 Å². The second-order valence-electron chi connectivity index (χ2n) is 14.8. The van der Waals surface area contributed by atoms with Crippen molar-refractivity contribution in [2.45, 2.75) is 0 Å². The molecule has 0 N–H and O–H groups in total. The van der Waals surface area contributed by atoms with E-state index in [0.29, 0.717) is 0 Å². The SMILES string of the molecule is c1ccc(-c2ccccc2N(c2cccc(-c3cccc4c3sc3ccccc34)c2)c2ccc3c(c2)c(-c2ccccc2)c(-c2ccccc2)c2ccccc23)cc1. The first kappa shape index (κ1) is 34.0. The molecule has 11 rings (SSSR count).